The van der Waals surface area contributed by atoms with E-state index < -0.39 is 0 Å². The highest BCUT2D eigenvalue weighted by Gasteiger charge is 2.26. The number of hydrogen-bond donors (Lipinski definition) is 4. The molecule has 0 aliphatic carbocycles. The Kier molecular flexibility index (Phi) is 7.59. The standard InChI is InChI=1S/C40H38N4/c1-24-10-9-15-34(42)37(24)39-26(3)31(21-23-36(39)44)40(29-18-16-28(17-19-29)27-11-5-4-6-12-27)30-20-22-35(43)38(25(30)2)32-13-7-8-14-33(32)41/h4-23,40H,41-44H2,1-3H3. The summed E-state index contributed by atoms with van der Waals surface area (Å²) in [5.74, 6) is -0.103. The van der Waals surface area contributed by atoms with Crippen molar-refractivity contribution < 1.29 is 0 Å². The molecule has 1 unspecified atom stereocenters. The molecule has 0 heterocycles. The molecule has 0 fully saturated rings. The van der Waals surface area contributed by atoms with Crippen molar-refractivity contribution in [3.63, 3.8) is 0 Å². The van der Waals surface area contributed by atoms with Gasteiger partial charge >= 0.3 is 0 Å². The van der Waals surface area contributed by atoms with Gasteiger partial charge in [-0.25, -0.2) is 0 Å². The van der Waals surface area contributed by atoms with Crippen molar-refractivity contribution in [3.05, 3.63) is 155 Å². The minimum Gasteiger partial charge on any atom is -0.398 e. The van der Waals surface area contributed by atoms with Crippen LogP contribution in [0.1, 0.15) is 39.3 Å². The van der Waals surface area contributed by atoms with Gasteiger partial charge < -0.3 is 22.9 Å². The molecule has 8 N–H and O–H groups in total. The topological polar surface area (TPSA) is 104 Å². The van der Waals surface area contributed by atoms with Gasteiger partial charge in [-0.3, -0.25) is 0 Å². The molecule has 6 aromatic rings. The molecule has 4 nitrogen and oxygen atoms in total. The van der Waals surface area contributed by atoms with Crippen LogP contribution in [0.2, 0.25) is 0 Å². The van der Waals surface area contributed by atoms with Crippen molar-refractivity contribution in [2.24, 2.45) is 0 Å². The fourth-order valence-electron chi connectivity index (χ4n) is 6.59. The molecule has 4 heteroatoms. The van der Waals surface area contributed by atoms with E-state index in [0.717, 1.165) is 50.1 Å². The molecule has 0 saturated heterocycles. The quantitative estimate of drug-likeness (QED) is 0.118. The lowest BCUT2D eigenvalue weighted by molar-refractivity contribution is 0.952. The molecule has 6 aromatic carbocycles. The zero-order chi connectivity index (χ0) is 31.0. The molecule has 0 spiro atoms. The number of para-hydroxylation sites is 1. The zero-order valence-corrected chi connectivity index (χ0v) is 25.4. The van der Waals surface area contributed by atoms with Crippen LogP contribution in [0.3, 0.4) is 0 Å². The maximum atomic E-state index is 6.70. The summed E-state index contributed by atoms with van der Waals surface area (Å²) >= 11 is 0. The third kappa shape index (κ3) is 5.05. The van der Waals surface area contributed by atoms with E-state index in [4.69, 9.17) is 22.9 Å². The monoisotopic (exact) mass is 574 g/mol. The number of nitrogen functional groups attached to an aromatic ring is 4. The maximum absolute atomic E-state index is 6.70. The summed E-state index contributed by atoms with van der Waals surface area (Å²) in [5, 5.41) is 0. The van der Waals surface area contributed by atoms with Crippen molar-refractivity contribution in [1.82, 2.24) is 0 Å². The Bertz CT molecular complexity index is 1950. The third-order valence-electron chi connectivity index (χ3n) is 8.84. The minimum atomic E-state index is -0.103. The molecule has 0 saturated carbocycles. The lowest BCUT2D eigenvalue weighted by Gasteiger charge is -2.27. The number of hydrogen-bond acceptors (Lipinski definition) is 4. The molecule has 0 aromatic heterocycles. The summed E-state index contributed by atoms with van der Waals surface area (Å²) in [5.41, 5.74) is 42.2. The van der Waals surface area contributed by atoms with E-state index in [2.05, 4.69) is 87.5 Å². The van der Waals surface area contributed by atoms with Crippen LogP contribution < -0.4 is 22.9 Å². The van der Waals surface area contributed by atoms with Crippen LogP contribution >= 0.6 is 0 Å². The van der Waals surface area contributed by atoms with Gasteiger partial charge in [-0.1, -0.05) is 97.1 Å². The normalized spacial score (nSPS) is 11.8. The van der Waals surface area contributed by atoms with Gasteiger partial charge in [0.25, 0.3) is 0 Å². The molecule has 1 atom stereocenters. The van der Waals surface area contributed by atoms with E-state index in [0.29, 0.717) is 22.7 Å². The molecular weight excluding hydrogens is 536 g/mol. The first-order chi connectivity index (χ1) is 21.3. The molecule has 0 bridgehead atoms. The van der Waals surface area contributed by atoms with Crippen molar-refractivity contribution in [3.8, 4) is 33.4 Å². The number of anilines is 4. The van der Waals surface area contributed by atoms with Crippen molar-refractivity contribution >= 4 is 22.7 Å². The molecule has 0 amide bonds. The van der Waals surface area contributed by atoms with Crippen LogP contribution in [0.5, 0.6) is 0 Å². The molecule has 0 aliphatic heterocycles. The highest BCUT2D eigenvalue weighted by Crippen LogP contribution is 2.45. The van der Waals surface area contributed by atoms with E-state index in [-0.39, 0.29) is 5.92 Å². The summed E-state index contributed by atoms with van der Waals surface area (Å²) in [6.07, 6.45) is 0. The molecule has 0 aliphatic rings. The van der Waals surface area contributed by atoms with Crippen molar-refractivity contribution in [2.75, 3.05) is 22.9 Å². The molecule has 0 radical (unpaired) electrons. The van der Waals surface area contributed by atoms with Crippen LogP contribution in [-0.4, -0.2) is 0 Å². The van der Waals surface area contributed by atoms with Crippen molar-refractivity contribution in [2.45, 2.75) is 26.7 Å². The lowest BCUT2D eigenvalue weighted by atomic mass is 9.77. The van der Waals surface area contributed by atoms with Crippen LogP contribution in [0.15, 0.2) is 121 Å². The summed E-state index contributed by atoms with van der Waals surface area (Å²) in [4.78, 5) is 0. The zero-order valence-electron chi connectivity index (χ0n) is 25.4. The molecule has 6 rings (SSSR count). The highest BCUT2D eigenvalue weighted by atomic mass is 14.6. The third-order valence-corrected chi connectivity index (χ3v) is 8.84. The van der Waals surface area contributed by atoms with E-state index in [1.807, 2.05) is 54.6 Å². The summed E-state index contributed by atoms with van der Waals surface area (Å²) in [6, 6.07) is 41.5. The second-order valence-electron chi connectivity index (χ2n) is 11.5. The lowest BCUT2D eigenvalue weighted by Crippen LogP contribution is -2.11. The average molecular weight is 575 g/mol. The van der Waals surface area contributed by atoms with Gasteiger partial charge in [-0.05, 0) is 89.5 Å². The largest absolute Gasteiger partial charge is 0.398 e. The van der Waals surface area contributed by atoms with E-state index >= 15 is 0 Å². The van der Waals surface area contributed by atoms with Crippen LogP contribution in [0.25, 0.3) is 33.4 Å². The van der Waals surface area contributed by atoms with E-state index in [1.54, 1.807) is 0 Å². The molecule has 44 heavy (non-hydrogen) atoms. The second kappa shape index (κ2) is 11.7. The first kappa shape index (κ1) is 28.6. The summed E-state index contributed by atoms with van der Waals surface area (Å²) in [6.45, 7) is 6.38. The average Bonchev–Trinajstić information content (AvgIpc) is 3.02. The Hall–Kier alpha value is -5.48. The Morgan fingerprint density at radius 1 is 0.409 bits per heavy atom. The second-order valence-corrected chi connectivity index (χ2v) is 11.5. The van der Waals surface area contributed by atoms with E-state index in [9.17, 15) is 0 Å². The van der Waals surface area contributed by atoms with Gasteiger partial charge in [-0.2, -0.15) is 0 Å². The van der Waals surface area contributed by atoms with Crippen LogP contribution in [-0.2, 0) is 0 Å². The van der Waals surface area contributed by atoms with E-state index in [1.165, 1.54) is 16.7 Å². The minimum absolute atomic E-state index is 0.103. The SMILES string of the molecule is Cc1cccc(N)c1-c1c(N)ccc(C(c2ccc(-c3ccccc3)cc2)c2ccc(N)c(-c3ccccc3N)c2C)c1C. The Balaban J connectivity index is 1.61. The number of benzene rings is 6. The molecule has 218 valence electrons. The summed E-state index contributed by atoms with van der Waals surface area (Å²) in [7, 11) is 0. The maximum Gasteiger partial charge on any atom is 0.0397 e. The van der Waals surface area contributed by atoms with Gasteiger partial charge in [0.05, 0.1) is 0 Å². The number of nitrogens with two attached hydrogens (primary N) is 4. The fraction of sp³-hybridized carbons (Fsp3) is 0.100. The molecular formula is C40H38N4. The Morgan fingerprint density at radius 2 is 0.932 bits per heavy atom. The predicted molar refractivity (Wildman–Crippen MR) is 188 cm³/mol. The van der Waals surface area contributed by atoms with Gasteiger partial charge in [0.2, 0.25) is 0 Å². The Labute approximate surface area is 260 Å². The van der Waals surface area contributed by atoms with Gasteiger partial charge in [0.15, 0.2) is 0 Å². The number of aryl methyl sites for hydroxylation is 1. The predicted octanol–water partition coefficient (Wildman–Crippen LogP) is 9.12. The van der Waals surface area contributed by atoms with Gasteiger partial charge in [-0.15, -0.1) is 0 Å². The summed E-state index contributed by atoms with van der Waals surface area (Å²) < 4.78 is 0. The first-order valence-electron chi connectivity index (χ1n) is 14.9. The Morgan fingerprint density at radius 3 is 1.57 bits per heavy atom. The highest BCUT2D eigenvalue weighted by molar-refractivity contribution is 5.90. The van der Waals surface area contributed by atoms with Crippen LogP contribution in [0, 0.1) is 20.8 Å². The first-order valence-corrected chi connectivity index (χ1v) is 14.9. The van der Waals surface area contributed by atoms with Gasteiger partial charge in [0.1, 0.15) is 0 Å². The van der Waals surface area contributed by atoms with Gasteiger partial charge in [0, 0.05) is 50.9 Å². The fourth-order valence-corrected chi connectivity index (χ4v) is 6.59. The van der Waals surface area contributed by atoms with Crippen LogP contribution in [0.4, 0.5) is 22.7 Å². The smallest absolute Gasteiger partial charge is 0.0397 e. The number of rotatable bonds is 6. The van der Waals surface area contributed by atoms with Crippen molar-refractivity contribution in [1.29, 1.82) is 0 Å².